The summed E-state index contributed by atoms with van der Waals surface area (Å²) in [6, 6.07) is 16.8. The molecule has 3 heterocycles. The van der Waals surface area contributed by atoms with Crippen molar-refractivity contribution in [3.8, 4) is 11.5 Å². The lowest BCUT2D eigenvalue weighted by Crippen LogP contribution is -2.38. The number of aryl methyl sites for hydroxylation is 1. The summed E-state index contributed by atoms with van der Waals surface area (Å²) in [7, 11) is 0. The first kappa shape index (κ1) is 23.6. The van der Waals surface area contributed by atoms with Gasteiger partial charge in [-0.3, -0.25) is 4.79 Å². The van der Waals surface area contributed by atoms with Gasteiger partial charge in [-0.1, -0.05) is 54.2 Å². The SMILES string of the molecule is Cc1cc(NC(=O)C2(c3ccc(Cl)cc3)CCCC2)n(-c2ncnc3c2cnn3-c2cccc(Cl)c2)n1. The Kier molecular flexibility index (Phi) is 5.93. The molecule has 1 N–H and O–H groups in total. The van der Waals surface area contributed by atoms with Gasteiger partial charge in [-0.25, -0.2) is 14.6 Å². The van der Waals surface area contributed by atoms with Crippen LogP contribution in [0.15, 0.2) is 67.1 Å². The highest BCUT2D eigenvalue weighted by molar-refractivity contribution is 6.31. The molecule has 8 nitrogen and oxygen atoms in total. The molecule has 1 aliphatic rings. The Hall–Kier alpha value is -3.75. The van der Waals surface area contributed by atoms with E-state index in [0.29, 0.717) is 32.7 Å². The molecule has 2 aromatic carbocycles. The van der Waals surface area contributed by atoms with Crippen LogP contribution in [0.25, 0.3) is 22.5 Å². The number of carbonyl (C=O) groups is 1. The quantitative estimate of drug-likeness (QED) is 0.297. The normalized spacial score (nSPS) is 14.8. The number of amides is 1. The lowest BCUT2D eigenvalue weighted by Gasteiger charge is -2.28. The van der Waals surface area contributed by atoms with Crippen LogP contribution < -0.4 is 5.32 Å². The maximum absolute atomic E-state index is 13.9. The maximum Gasteiger partial charge on any atom is 0.236 e. The maximum atomic E-state index is 13.9. The van der Waals surface area contributed by atoms with E-state index in [0.717, 1.165) is 42.6 Å². The first-order valence-corrected chi connectivity index (χ1v) is 12.8. The van der Waals surface area contributed by atoms with Crippen molar-refractivity contribution in [1.29, 1.82) is 0 Å². The van der Waals surface area contributed by atoms with Crippen LogP contribution in [0.4, 0.5) is 5.82 Å². The number of aromatic nitrogens is 6. The number of rotatable bonds is 5. The Morgan fingerprint density at radius 3 is 2.51 bits per heavy atom. The van der Waals surface area contributed by atoms with Gasteiger partial charge in [0.15, 0.2) is 11.5 Å². The fourth-order valence-corrected chi connectivity index (χ4v) is 5.49. The van der Waals surface area contributed by atoms with Gasteiger partial charge in [0.25, 0.3) is 0 Å². The van der Waals surface area contributed by atoms with E-state index in [4.69, 9.17) is 23.2 Å². The Labute approximate surface area is 223 Å². The molecular weight excluding hydrogens is 509 g/mol. The molecule has 0 saturated heterocycles. The van der Waals surface area contributed by atoms with Crippen LogP contribution in [0.1, 0.15) is 36.9 Å². The molecule has 0 bridgehead atoms. The van der Waals surface area contributed by atoms with Crippen molar-refractivity contribution in [2.75, 3.05) is 5.32 Å². The van der Waals surface area contributed by atoms with E-state index >= 15 is 0 Å². The van der Waals surface area contributed by atoms with E-state index in [2.05, 4.69) is 25.5 Å². The molecule has 1 fully saturated rings. The van der Waals surface area contributed by atoms with E-state index < -0.39 is 5.41 Å². The summed E-state index contributed by atoms with van der Waals surface area (Å²) < 4.78 is 3.35. The van der Waals surface area contributed by atoms with E-state index in [9.17, 15) is 4.79 Å². The van der Waals surface area contributed by atoms with Crippen LogP contribution in [0.2, 0.25) is 10.0 Å². The van der Waals surface area contributed by atoms with Crippen molar-refractivity contribution in [1.82, 2.24) is 29.5 Å². The molecular formula is C27H23Cl2N7O. The zero-order valence-corrected chi connectivity index (χ0v) is 21.5. The van der Waals surface area contributed by atoms with E-state index in [1.165, 1.54) is 6.33 Å². The molecule has 0 spiro atoms. The second-order valence-corrected chi connectivity index (χ2v) is 10.2. The van der Waals surface area contributed by atoms with Crippen molar-refractivity contribution >= 4 is 46.0 Å². The predicted octanol–water partition coefficient (Wildman–Crippen LogP) is 6.07. The minimum atomic E-state index is -0.619. The highest BCUT2D eigenvalue weighted by Crippen LogP contribution is 2.42. The number of benzene rings is 2. The largest absolute Gasteiger partial charge is 0.310 e. The Balaban J connectivity index is 1.40. The monoisotopic (exact) mass is 531 g/mol. The topological polar surface area (TPSA) is 90.5 Å². The van der Waals surface area contributed by atoms with Crippen molar-refractivity contribution < 1.29 is 4.79 Å². The van der Waals surface area contributed by atoms with Gasteiger partial charge in [0.1, 0.15) is 12.1 Å². The lowest BCUT2D eigenvalue weighted by atomic mass is 9.78. The van der Waals surface area contributed by atoms with Crippen LogP contribution in [-0.2, 0) is 10.2 Å². The molecule has 0 aliphatic heterocycles. The van der Waals surface area contributed by atoms with Crippen LogP contribution in [-0.4, -0.2) is 35.4 Å². The smallest absolute Gasteiger partial charge is 0.236 e. The summed E-state index contributed by atoms with van der Waals surface area (Å²) in [5.74, 6) is 1.00. The zero-order chi connectivity index (χ0) is 25.6. The third kappa shape index (κ3) is 4.16. The Morgan fingerprint density at radius 2 is 1.76 bits per heavy atom. The van der Waals surface area contributed by atoms with Crippen LogP contribution in [0, 0.1) is 6.92 Å². The molecule has 5 aromatic rings. The molecule has 1 saturated carbocycles. The lowest BCUT2D eigenvalue weighted by molar-refractivity contribution is -0.121. The average molecular weight is 532 g/mol. The highest BCUT2D eigenvalue weighted by Gasteiger charge is 2.43. The van der Waals surface area contributed by atoms with E-state index in [-0.39, 0.29) is 5.91 Å². The molecule has 0 radical (unpaired) electrons. The van der Waals surface area contributed by atoms with E-state index in [1.54, 1.807) is 21.6 Å². The second kappa shape index (κ2) is 9.28. The molecule has 0 atom stereocenters. The average Bonchev–Trinajstić information content (AvgIpc) is 3.63. The van der Waals surface area contributed by atoms with E-state index in [1.807, 2.05) is 55.5 Å². The number of hydrogen-bond donors (Lipinski definition) is 1. The van der Waals surface area contributed by atoms with Crippen LogP contribution >= 0.6 is 23.2 Å². The van der Waals surface area contributed by atoms with Gasteiger partial charge in [0, 0.05) is 16.1 Å². The van der Waals surface area contributed by atoms with Gasteiger partial charge in [-0.2, -0.15) is 14.9 Å². The van der Waals surface area contributed by atoms with Gasteiger partial charge < -0.3 is 5.32 Å². The summed E-state index contributed by atoms with van der Waals surface area (Å²) in [6.45, 7) is 1.88. The molecule has 0 unspecified atom stereocenters. The molecule has 186 valence electrons. The predicted molar refractivity (Wildman–Crippen MR) is 144 cm³/mol. The van der Waals surface area contributed by atoms with Gasteiger partial charge in [0.05, 0.1) is 28.4 Å². The van der Waals surface area contributed by atoms with Crippen molar-refractivity contribution in [3.63, 3.8) is 0 Å². The number of nitrogens with zero attached hydrogens (tertiary/aromatic N) is 6. The number of fused-ring (bicyclic) bond motifs is 1. The van der Waals surface area contributed by atoms with Crippen molar-refractivity contribution in [2.45, 2.75) is 38.0 Å². The summed E-state index contributed by atoms with van der Waals surface area (Å²) in [6.07, 6.45) is 6.69. The molecule has 10 heteroatoms. The third-order valence-corrected chi connectivity index (χ3v) is 7.45. The first-order chi connectivity index (χ1) is 17.9. The molecule has 1 aliphatic carbocycles. The van der Waals surface area contributed by atoms with Gasteiger partial charge >= 0.3 is 0 Å². The van der Waals surface area contributed by atoms with Crippen LogP contribution in [0.3, 0.4) is 0 Å². The fourth-order valence-electron chi connectivity index (χ4n) is 5.18. The Bertz CT molecular complexity index is 1620. The first-order valence-electron chi connectivity index (χ1n) is 12.0. The molecule has 6 rings (SSSR count). The standard InChI is InChI=1S/C27H23Cl2N7O/c1-17-13-23(33-26(37)27(11-2-3-12-27)18-7-9-19(28)10-8-18)36(34-17)25-22-15-32-35(24(22)30-16-31-25)21-6-4-5-20(29)14-21/h4-10,13-16H,2-3,11-12H2,1H3,(H,33,37). The highest BCUT2D eigenvalue weighted by atomic mass is 35.5. The number of carbonyl (C=O) groups excluding carboxylic acids is 1. The fraction of sp³-hybridized carbons (Fsp3) is 0.222. The molecule has 37 heavy (non-hydrogen) atoms. The second-order valence-electron chi connectivity index (χ2n) is 9.30. The summed E-state index contributed by atoms with van der Waals surface area (Å²) >= 11 is 12.3. The summed E-state index contributed by atoms with van der Waals surface area (Å²) in [5.41, 5.74) is 2.49. The van der Waals surface area contributed by atoms with Crippen LogP contribution in [0.5, 0.6) is 0 Å². The van der Waals surface area contributed by atoms with Gasteiger partial charge in [0.2, 0.25) is 5.91 Å². The minimum absolute atomic E-state index is 0.0617. The zero-order valence-electron chi connectivity index (χ0n) is 20.0. The van der Waals surface area contributed by atoms with Gasteiger partial charge in [-0.15, -0.1) is 0 Å². The van der Waals surface area contributed by atoms with Gasteiger partial charge in [-0.05, 0) is 55.7 Å². The molecule has 3 aromatic heterocycles. The number of hydrogen-bond acceptors (Lipinski definition) is 5. The number of nitrogens with one attached hydrogen (secondary N) is 1. The van der Waals surface area contributed by atoms with Crippen molar-refractivity contribution in [2.24, 2.45) is 0 Å². The third-order valence-electron chi connectivity index (χ3n) is 6.96. The number of halogens is 2. The number of anilines is 1. The summed E-state index contributed by atoms with van der Waals surface area (Å²) in [4.78, 5) is 22.8. The minimum Gasteiger partial charge on any atom is -0.310 e. The summed E-state index contributed by atoms with van der Waals surface area (Å²) in [5, 5.41) is 14.3. The van der Waals surface area contributed by atoms with Crippen molar-refractivity contribution in [3.05, 3.63) is 88.4 Å². The molecule has 1 amide bonds. The Morgan fingerprint density at radius 1 is 0.973 bits per heavy atom.